The first-order valence-electron chi connectivity index (χ1n) is 6.94. The maximum Gasteiger partial charge on any atom is 0.240 e. The minimum atomic E-state index is -0.541. The molecule has 1 aromatic carbocycles. The number of piperidine rings is 1. The molecule has 1 heterocycles. The Labute approximate surface area is 114 Å². The molecular weight excluding hydrogens is 236 g/mol. The van der Waals surface area contributed by atoms with E-state index in [0.717, 1.165) is 31.5 Å². The predicted molar refractivity (Wildman–Crippen MR) is 74.4 cm³/mol. The van der Waals surface area contributed by atoms with E-state index in [9.17, 15) is 10.1 Å². The summed E-state index contributed by atoms with van der Waals surface area (Å²) in [6.45, 7) is 3.65. The number of carbonyl (C=O) groups excluding carboxylic acids is 1. The van der Waals surface area contributed by atoms with Gasteiger partial charge in [0.2, 0.25) is 5.91 Å². The Morgan fingerprint density at radius 1 is 1.26 bits per heavy atom. The summed E-state index contributed by atoms with van der Waals surface area (Å²) in [5, 5.41) is 9.25. The van der Waals surface area contributed by atoms with Gasteiger partial charge < -0.3 is 4.90 Å². The largest absolute Gasteiger partial charge is 0.342 e. The molecule has 1 saturated heterocycles. The third-order valence-corrected chi connectivity index (χ3v) is 3.68. The van der Waals surface area contributed by atoms with Crippen LogP contribution in [0.2, 0.25) is 0 Å². The topological polar surface area (TPSA) is 44.1 Å². The van der Waals surface area contributed by atoms with E-state index in [2.05, 4.69) is 6.07 Å². The lowest BCUT2D eigenvalue weighted by atomic mass is 9.97. The molecule has 19 heavy (non-hydrogen) atoms. The normalized spacial score (nSPS) is 16.7. The first-order valence-corrected chi connectivity index (χ1v) is 6.94. The number of nitrogens with zero attached hydrogens (tertiary/aromatic N) is 2. The van der Waals surface area contributed by atoms with Gasteiger partial charge in [-0.1, -0.05) is 29.8 Å². The summed E-state index contributed by atoms with van der Waals surface area (Å²) in [5.41, 5.74) is 2.25. The molecule has 1 aliphatic heterocycles. The molecule has 1 aromatic rings. The zero-order chi connectivity index (χ0) is 13.7. The minimum absolute atomic E-state index is 0.00257. The summed E-state index contributed by atoms with van der Waals surface area (Å²) >= 11 is 0. The molecule has 0 spiro atoms. The summed E-state index contributed by atoms with van der Waals surface area (Å²) in [6.07, 6.45) is 3.84. The standard InChI is InChI=1S/C16H20N2O/c1-13-5-7-14(8-6-13)11-15(12-17)16(19)18-9-3-2-4-10-18/h5-8,15H,2-4,9-11H2,1H3. The summed E-state index contributed by atoms with van der Waals surface area (Å²) in [4.78, 5) is 14.2. The number of rotatable bonds is 3. The Kier molecular flexibility index (Phi) is 4.57. The van der Waals surface area contributed by atoms with Crippen molar-refractivity contribution in [3.63, 3.8) is 0 Å². The van der Waals surface area contributed by atoms with Gasteiger partial charge in [0.15, 0.2) is 0 Å². The number of hydrogen-bond donors (Lipinski definition) is 0. The number of likely N-dealkylation sites (tertiary alicyclic amines) is 1. The lowest BCUT2D eigenvalue weighted by Gasteiger charge is -2.28. The van der Waals surface area contributed by atoms with Crippen LogP contribution in [0.15, 0.2) is 24.3 Å². The highest BCUT2D eigenvalue weighted by Gasteiger charge is 2.25. The van der Waals surface area contributed by atoms with E-state index in [4.69, 9.17) is 0 Å². The second kappa shape index (κ2) is 6.38. The van der Waals surface area contributed by atoms with E-state index < -0.39 is 5.92 Å². The summed E-state index contributed by atoms with van der Waals surface area (Å²) in [5.74, 6) is -0.538. The van der Waals surface area contributed by atoms with Crippen LogP contribution in [0.3, 0.4) is 0 Å². The molecule has 3 heteroatoms. The molecule has 0 saturated carbocycles. The highest BCUT2D eigenvalue weighted by atomic mass is 16.2. The quantitative estimate of drug-likeness (QED) is 0.834. The van der Waals surface area contributed by atoms with Crippen LogP contribution in [0.25, 0.3) is 0 Å². The molecule has 2 rings (SSSR count). The molecule has 0 aliphatic carbocycles. The van der Waals surface area contributed by atoms with E-state index in [1.54, 1.807) is 0 Å². The first-order chi connectivity index (χ1) is 9.20. The van der Waals surface area contributed by atoms with E-state index >= 15 is 0 Å². The molecule has 1 unspecified atom stereocenters. The fourth-order valence-corrected chi connectivity index (χ4v) is 2.48. The Morgan fingerprint density at radius 2 is 1.89 bits per heavy atom. The maximum atomic E-state index is 12.3. The lowest BCUT2D eigenvalue weighted by molar-refractivity contribution is -0.134. The van der Waals surface area contributed by atoms with Crippen molar-refractivity contribution in [2.75, 3.05) is 13.1 Å². The van der Waals surface area contributed by atoms with Crippen LogP contribution < -0.4 is 0 Å². The lowest BCUT2D eigenvalue weighted by Crippen LogP contribution is -2.39. The molecule has 1 amide bonds. The molecule has 3 nitrogen and oxygen atoms in total. The van der Waals surface area contributed by atoms with Crippen LogP contribution in [0, 0.1) is 24.2 Å². The summed E-state index contributed by atoms with van der Waals surface area (Å²) in [7, 11) is 0. The van der Waals surface area contributed by atoms with Crippen molar-refractivity contribution in [1.82, 2.24) is 4.90 Å². The first kappa shape index (κ1) is 13.6. The van der Waals surface area contributed by atoms with Crippen LogP contribution in [-0.2, 0) is 11.2 Å². The number of aryl methyl sites for hydroxylation is 1. The molecule has 0 radical (unpaired) electrons. The molecule has 0 N–H and O–H groups in total. The number of amides is 1. The van der Waals surface area contributed by atoms with Crippen molar-refractivity contribution in [3.8, 4) is 6.07 Å². The number of hydrogen-bond acceptors (Lipinski definition) is 2. The minimum Gasteiger partial charge on any atom is -0.342 e. The van der Waals surface area contributed by atoms with Crippen molar-refractivity contribution in [2.24, 2.45) is 5.92 Å². The second-order valence-corrected chi connectivity index (χ2v) is 5.26. The van der Waals surface area contributed by atoms with Crippen LogP contribution in [0.5, 0.6) is 0 Å². The van der Waals surface area contributed by atoms with Gasteiger partial charge in [-0.15, -0.1) is 0 Å². The Hall–Kier alpha value is -1.82. The van der Waals surface area contributed by atoms with Crippen molar-refractivity contribution < 1.29 is 4.79 Å². The van der Waals surface area contributed by atoms with Crippen LogP contribution in [-0.4, -0.2) is 23.9 Å². The zero-order valence-corrected chi connectivity index (χ0v) is 11.4. The Bertz CT molecular complexity index is 467. The van der Waals surface area contributed by atoms with Gasteiger partial charge in [-0.3, -0.25) is 4.79 Å². The summed E-state index contributed by atoms with van der Waals surface area (Å²) in [6, 6.07) is 10.2. The van der Waals surface area contributed by atoms with Gasteiger partial charge in [0.05, 0.1) is 6.07 Å². The average Bonchev–Trinajstić information content (AvgIpc) is 2.47. The number of nitriles is 1. The maximum absolute atomic E-state index is 12.3. The van der Waals surface area contributed by atoms with Gasteiger partial charge in [0.1, 0.15) is 5.92 Å². The van der Waals surface area contributed by atoms with E-state index in [0.29, 0.717) is 6.42 Å². The molecular formula is C16H20N2O. The van der Waals surface area contributed by atoms with Gasteiger partial charge >= 0.3 is 0 Å². The van der Waals surface area contributed by atoms with Crippen molar-refractivity contribution in [3.05, 3.63) is 35.4 Å². The van der Waals surface area contributed by atoms with Crippen LogP contribution in [0.4, 0.5) is 0 Å². The number of carbonyl (C=O) groups is 1. The highest BCUT2D eigenvalue weighted by Crippen LogP contribution is 2.16. The second-order valence-electron chi connectivity index (χ2n) is 5.26. The van der Waals surface area contributed by atoms with Crippen molar-refractivity contribution in [1.29, 1.82) is 5.26 Å². The van der Waals surface area contributed by atoms with Crippen LogP contribution in [0.1, 0.15) is 30.4 Å². The van der Waals surface area contributed by atoms with Gasteiger partial charge in [0, 0.05) is 13.1 Å². The van der Waals surface area contributed by atoms with E-state index in [1.807, 2.05) is 36.1 Å². The fourth-order valence-electron chi connectivity index (χ4n) is 2.48. The monoisotopic (exact) mass is 256 g/mol. The molecule has 1 atom stereocenters. The van der Waals surface area contributed by atoms with Gasteiger partial charge in [-0.25, -0.2) is 0 Å². The van der Waals surface area contributed by atoms with E-state index in [1.165, 1.54) is 12.0 Å². The van der Waals surface area contributed by atoms with Gasteiger partial charge in [-0.2, -0.15) is 5.26 Å². The van der Waals surface area contributed by atoms with Gasteiger partial charge in [0.25, 0.3) is 0 Å². The average molecular weight is 256 g/mol. The molecule has 0 aromatic heterocycles. The fraction of sp³-hybridized carbons (Fsp3) is 0.500. The zero-order valence-electron chi connectivity index (χ0n) is 11.4. The molecule has 100 valence electrons. The van der Waals surface area contributed by atoms with E-state index in [-0.39, 0.29) is 5.91 Å². The summed E-state index contributed by atoms with van der Waals surface area (Å²) < 4.78 is 0. The van der Waals surface area contributed by atoms with Crippen molar-refractivity contribution in [2.45, 2.75) is 32.6 Å². The molecule has 1 fully saturated rings. The van der Waals surface area contributed by atoms with Crippen LogP contribution >= 0.6 is 0 Å². The predicted octanol–water partition coefficient (Wildman–Crippen LogP) is 2.69. The Balaban J connectivity index is 2.01. The Morgan fingerprint density at radius 3 is 2.47 bits per heavy atom. The third-order valence-electron chi connectivity index (χ3n) is 3.68. The molecule has 1 aliphatic rings. The highest BCUT2D eigenvalue weighted by molar-refractivity contribution is 5.81. The SMILES string of the molecule is Cc1ccc(CC(C#N)C(=O)N2CCCCC2)cc1. The smallest absolute Gasteiger partial charge is 0.240 e. The number of benzene rings is 1. The van der Waals surface area contributed by atoms with Crippen molar-refractivity contribution >= 4 is 5.91 Å². The third kappa shape index (κ3) is 3.57. The molecule has 0 bridgehead atoms. The van der Waals surface area contributed by atoms with Gasteiger partial charge in [-0.05, 0) is 38.2 Å².